The Morgan fingerprint density at radius 2 is 1.84 bits per heavy atom. The van der Waals surface area contributed by atoms with Gasteiger partial charge in [0, 0.05) is 30.5 Å². The average Bonchev–Trinajstić information content (AvgIpc) is 3.31. The van der Waals surface area contributed by atoms with E-state index in [1.54, 1.807) is 17.5 Å². The number of hydrogen-bond donors (Lipinski definition) is 0. The first kappa shape index (κ1) is 19.9. The van der Waals surface area contributed by atoms with Gasteiger partial charge in [0.15, 0.2) is 0 Å². The fourth-order valence-corrected chi connectivity index (χ4v) is 5.37. The second-order valence-electron chi connectivity index (χ2n) is 8.25. The topological polar surface area (TPSA) is 46.1 Å². The quantitative estimate of drug-likeness (QED) is 0.389. The van der Waals surface area contributed by atoms with Crippen LogP contribution in [0.5, 0.6) is 0 Å². The lowest BCUT2D eigenvalue weighted by atomic mass is 9.81. The number of hydrogen-bond acceptors (Lipinski definition) is 4. The van der Waals surface area contributed by atoms with Crippen molar-refractivity contribution in [2.45, 2.75) is 44.2 Å². The number of amides is 1. The molecule has 2 aromatic heterocycles. The summed E-state index contributed by atoms with van der Waals surface area (Å²) in [5.74, 6) is 0.684. The Labute approximate surface area is 186 Å². The van der Waals surface area contributed by atoms with Gasteiger partial charge in [-0.05, 0) is 67.0 Å². The van der Waals surface area contributed by atoms with Gasteiger partial charge in [-0.1, -0.05) is 36.4 Å². The van der Waals surface area contributed by atoms with Crippen LogP contribution in [0.3, 0.4) is 0 Å². The van der Waals surface area contributed by atoms with Crippen LogP contribution in [0, 0.1) is 0 Å². The van der Waals surface area contributed by atoms with Gasteiger partial charge < -0.3 is 4.90 Å². The summed E-state index contributed by atoms with van der Waals surface area (Å²) in [4.78, 5) is 24.3. The van der Waals surface area contributed by atoms with E-state index in [-0.39, 0.29) is 11.9 Å². The van der Waals surface area contributed by atoms with Crippen molar-refractivity contribution in [2.75, 3.05) is 0 Å². The molecule has 5 heteroatoms. The zero-order chi connectivity index (χ0) is 21.0. The predicted molar refractivity (Wildman–Crippen MR) is 125 cm³/mol. The highest BCUT2D eigenvalue weighted by Crippen LogP contribution is 2.35. The number of thiazole rings is 1. The Hall–Kier alpha value is -3.05. The molecule has 0 saturated heterocycles. The molecular formula is C26H25N3OS. The van der Waals surface area contributed by atoms with Gasteiger partial charge in [0.1, 0.15) is 0 Å². The summed E-state index contributed by atoms with van der Waals surface area (Å²) in [5, 5.41) is 0. The average molecular weight is 428 g/mol. The van der Waals surface area contributed by atoms with E-state index in [2.05, 4.69) is 51.3 Å². The van der Waals surface area contributed by atoms with Crippen molar-refractivity contribution in [3.8, 4) is 0 Å². The number of aromatic nitrogens is 2. The zero-order valence-corrected chi connectivity index (χ0v) is 18.2. The van der Waals surface area contributed by atoms with Crippen molar-refractivity contribution in [1.29, 1.82) is 0 Å². The van der Waals surface area contributed by atoms with Gasteiger partial charge in [0.25, 0.3) is 5.91 Å². The smallest absolute Gasteiger partial charge is 0.254 e. The summed E-state index contributed by atoms with van der Waals surface area (Å²) in [6.45, 7) is 0.591. The predicted octanol–water partition coefficient (Wildman–Crippen LogP) is 6.06. The minimum absolute atomic E-state index is 0.0994. The number of pyridine rings is 1. The molecule has 5 rings (SSSR count). The van der Waals surface area contributed by atoms with Crippen molar-refractivity contribution < 1.29 is 4.79 Å². The SMILES string of the molecule is O=C(c1ccc2ncsc2c1)N(Cc1cccnc1)C1CCC(c2ccccc2)CC1. The number of nitrogens with zero attached hydrogens (tertiary/aromatic N) is 3. The first-order valence-electron chi connectivity index (χ1n) is 10.9. The molecule has 1 saturated carbocycles. The van der Waals surface area contributed by atoms with Crippen molar-refractivity contribution in [3.63, 3.8) is 0 Å². The summed E-state index contributed by atoms with van der Waals surface area (Å²) in [6.07, 6.45) is 7.90. The summed E-state index contributed by atoms with van der Waals surface area (Å²) in [7, 11) is 0. The molecule has 2 heterocycles. The Morgan fingerprint density at radius 1 is 1.00 bits per heavy atom. The number of benzene rings is 2. The highest BCUT2D eigenvalue weighted by molar-refractivity contribution is 7.16. The van der Waals surface area contributed by atoms with Gasteiger partial charge in [-0.3, -0.25) is 9.78 Å². The Morgan fingerprint density at radius 3 is 2.61 bits per heavy atom. The monoisotopic (exact) mass is 427 g/mol. The molecule has 1 amide bonds. The van der Waals surface area contributed by atoms with E-state index in [1.807, 2.05) is 36.0 Å². The molecule has 2 aromatic carbocycles. The Bertz CT molecular complexity index is 1150. The number of carbonyl (C=O) groups excluding carboxylic acids is 1. The molecule has 1 fully saturated rings. The molecule has 1 aliphatic rings. The first-order valence-corrected chi connectivity index (χ1v) is 11.7. The van der Waals surface area contributed by atoms with Crippen LogP contribution < -0.4 is 0 Å². The van der Waals surface area contributed by atoms with Crippen LogP contribution in [0.4, 0.5) is 0 Å². The van der Waals surface area contributed by atoms with Gasteiger partial charge in [-0.15, -0.1) is 11.3 Å². The van der Waals surface area contributed by atoms with Crippen LogP contribution in [-0.4, -0.2) is 26.8 Å². The van der Waals surface area contributed by atoms with E-state index in [4.69, 9.17) is 0 Å². The zero-order valence-electron chi connectivity index (χ0n) is 17.4. The normalized spacial score (nSPS) is 18.7. The maximum Gasteiger partial charge on any atom is 0.254 e. The van der Waals surface area contributed by atoms with Crippen molar-refractivity contribution >= 4 is 27.5 Å². The van der Waals surface area contributed by atoms with E-state index in [0.717, 1.165) is 47.0 Å². The van der Waals surface area contributed by atoms with E-state index in [1.165, 1.54) is 5.56 Å². The number of carbonyl (C=O) groups is 1. The lowest BCUT2D eigenvalue weighted by molar-refractivity contribution is 0.0605. The fraction of sp³-hybridized carbons (Fsp3) is 0.269. The van der Waals surface area contributed by atoms with E-state index < -0.39 is 0 Å². The lowest BCUT2D eigenvalue weighted by Crippen LogP contribution is -2.41. The second-order valence-corrected chi connectivity index (χ2v) is 9.13. The number of rotatable bonds is 5. The van der Waals surface area contributed by atoms with Crippen LogP contribution in [-0.2, 0) is 6.54 Å². The molecule has 0 bridgehead atoms. The third-order valence-electron chi connectivity index (χ3n) is 6.32. The molecule has 4 aromatic rings. The van der Waals surface area contributed by atoms with Gasteiger partial charge in [0.2, 0.25) is 0 Å². The Kier molecular flexibility index (Phi) is 5.76. The molecule has 1 aliphatic carbocycles. The third-order valence-corrected chi connectivity index (χ3v) is 7.11. The van der Waals surface area contributed by atoms with E-state index in [0.29, 0.717) is 12.5 Å². The third kappa shape index (κ3) is 4.37. The Balaban J connectivity index is 1.38. The lowest BCUT2D eigenvalue weighted by Gasteiger charge is -2.37. The van der Waals surface area contributed by atoms with Gasteiger partial charge in [-0.2, -0.15) is 0 Å². The summed E-state index contributed by atoms with van der Waals surface area (Å²) in [6, 6.07) is 20.9. The van der Waals surface area contributed by atoms with Crippen molar-refractivity contribution in [3.05, 3.63) is 95.3 Å². The molecule has 0 spiro atoms. The summed E-state index contributed by atoms with van der Waals surface area (Å²) < 4.78 is 1.06. The largest absolute Gasteiger partial charge is 0.331 e. The van der Waals surface area contributed by atoms with Crippen LogP contribution >= 0.6 is 11.3 Å². The van der Waals surface area contributed by atoms with Gasteiger partial charge in [0.05, 0.1) is 15.7 Å². The standard InChI is InChI=1S/C26H25N3OS/c30-26(22-10-13-24-25(15-22)31-18-28-24)29(17-19-5-4-14-27-16-19)23-11-8-21(9-12-23)20-6-2-1-3-7-20/h1-7,10,13-16,18,21,23H,8-9,11-12,17H2. The maximum absolute atomic E-state index is 13.7. The molecule has 31 heavy (non-hydrogen) atoms. The molecule has 156 valence electrons. The van der Waals surface area contributed by atoms with Crippen LogP contribution in [0.2, 0.25) is 0 Å². The molecule has 0 unspecified atom stereocenters. The second kappa shape index (κ2) is 8.98. The summed E-state index contributed by atoms with van der Waals surface area (Å²) in [5.41, 5.74) is 6.01. The first-order chi connectivity index (χ1) is 15.3. The van der Waals surface area contributed by atoms with E-state index in [9.17, 15) is 4.79 Å². The van der Waals surface area contributed by atoms with Crippen LogP contribution in [0.15, 0.2) is 78.6 Å². The molecule has 0 N–H and O–H groups in total. The number of fused-ring (bicyclic) bond motifs is 1. The van der Waals surface area contributed by atoms with Crippen LogP contribution in [0.1, 0.15) is 53.1 Å². The fourth-order valence-electron chi connectivity index (χ4n) is 4.66. The maximum atomic E-state index is 13.7. The van der Waals surface area contributed by atoms with Crippen LogP contribution in [0.25, 0.3) is 10.2 Å². The van der Waals surface area contributed by atoms with Crippen molar-refractivity contribution in [2.24, 2.45) is 0 Å². The highest BCUT2D eigenvalue weighted by atomic mass is 32.1. The molecule has 0 atom stereocenters. The van der Waals surface area contributed by atoms with Gasteiger partial charge >= 0.3 is 0 Å². The molecule has 4 nitrogen and oxygen atoms in total. The minimum atomic E-state index is 0.0994. The minimum Gasteiger partial charge on any atom is -0.331 e. The molecule has 0 aliphatic heterocycles. The van der Waals surface area contributed by atoms with Gasteiger partial charge in [-0.25, -0.2) is 4.98 Å². The summed E-state index contributed by atoms with van der Waals surface area (Å²) >= 11 is 1.58. The van der Waals surface area contributed by atoms with Crippen molar-refractivity contribution in [1.82, 2.24) is 14.9 Å². The molecular weight excluding hydrogens is 402 g/mol. The highest BCUT2D eigenvalue weighted by Gasteiger charge is 2.30. The van der Waals surface area contributed by atoms with E-state index >= 15 is 0 Å². The molecule has 0 radical (unpaired) electrons.